The normalized spacial score (nSPS) is 21.0. The maximum Gasteiger partial charge on any atom is 0.243 e. The molecule has 1 aliphatic heterocycles. The third kappa shape index (κ3) is 2.99. The number of nitrogens with two attached hydrogens (primary N) is 1. The van der Waals surface area contributed by atoms with Crippen molar-refractivity contribution in [1.82, 2.24) is 4.31 Å². The molecule has 4 nitrogen and oxygen atoms in total. The summed E-state index contributed by atoms with van der Waals surface area (Å²) in [5.74, 6) is 0. The van der Waals surface area contributed by atoms with Crippen LogP contribution in [0.15, 0.2) is 23.1 Å². The van der Waals surface area contributed by atoms with Gasteiger partial charge in [0.15, 0.2) is 0 Å². The van der Waals surface area contributed by atoms with Gasteiger partial charge in [-0.1, -0.05) is 19.8 Å². The lowest BCUT2D eigenvalue weighted by atomic mass is 10.0. The van der Waals surface area contributed by atoms with E-state index in [1.807, 2.05) is 6.92 Å². The number of sulfonamides is 1. The van der Waals surface area contributed by atoms with E-state index < -0.39 is 10.0 Å². The summed E-state index contributed by atoms with van der Waals surface area (Å²) >= 11 is 0. The topological polar surface area (TPSA) is 63.4 Å². The zero-order valence-electron chi connectivity index (χ0n) is 12.3. The van der Waals surface area contributed by atoms with Crippen LogP contribution in [0.4, 0.5) is 5.69 Å². The number of nitrogens with zero attached hydrogens (tertiary/aromatic N) is 1. The Morgan fingerprint density at radius 1 is 1.35 bits per heavy atom. The van der Waals surface area contributed by atoms with E-state index in [1.165, 1.54) is 0 Å². The number of anilines is 1. The van der Waals surface area contributed by atoms with Crippen LogP contribution < -0.4 is 5.73 Å². The SMILES string of the molecule is CCCC1CCCCN1S(=O)(=O)c1ccc(N)c(C)c1. The van der Waals surface area contributed by atoms with Crippen molar-refractivity contribution in [3.05, 3.63) is 23.8 Å². The lowest BCUT2D eigenvalue weighted by molar-refractivity contribution is 0.239. The van der Waals surface area contributed by atoms with Gasteiger partial charge in [0.1, 0.15) is 0 Å². The molecule has 0 amide bonds. The second-order valence-corrected chi connectivity index (χ2v) is 7.46. The molecular weight excluding hydrogens is 272 g/mol. The van der Waals surface area contributed by atoms with Gasteiger partial charge in [0.25, 0.3) is 0 Å². The molecular formula is C15H24N2O2S. The molecule has 0 aliphatic carbocycles. The summed E-state index contributed by atoms with van der Waals surface area (Å²) in [6.07, 6.45) is 5.00. The zero-order chi connectivity index (χ0) is 14.8. The van der Waals surface area contributed by atoms with Gasteiger partial charge in [0.05, 0.1) is 4.90 Å². The minimum atomic E-state index is -3.39. The zero-order valence-corrected chi connectivity index (χ0v) is 13.1. The average Bonchev–Trinajstić information content (AvgIpc) is 2.42. The fourth-order valence-corrected chi connectivity index (χ4v) is 4.67. The van der Waals surface area contributed by atoms with Crippen molar-refractivity contribution >= 4 is 15.7 Å². The molecule has 1 heterocycles. The number of rotatable bonds is 4. The molecule has 1 atom stereocenters. The van der Waals surface area contributed by atoms with Crippen LogP contribution in [0.5, 0.6) is 0 Å². The Balaban J connectivity index is 2.34. The van der Waals surface area contributed by atoms with Gasteiger partial charge in [-0.2, -0.15) is 4.31 Å². The van der Waals surface area contributed by atoms with Gasteiger partial charge in [0.2, 0.25) is 10.0 Å². The summed E-state index contributed by atoms with van der Waals surface area (Å²) in [7, 11) is -3.39. The van der Waals surface area contributed by atoms with Crippen LogP contribution in [0.25, 0.3) is 0 Å². The van der Waals surface area contributed by atoms with Crippen LogP contribution in [-0.4, -0.2) is 25.3 Å². The van der Waals surface area contributed by atoms with Crippen LogP contribution in [0, 0.1) is 6.92 Å². The van der Waals surface area contributed by atoms with E-state index in [0.717, 1.165) is 37.7 Å². The monoisotopic (exact) mass is 296 g/mol. The van der Waals surface area contributed by atoms with Gasteiger partial charge in [0, 0.05) is 18.3 Å². The molecule has 0 aromatic heterocycles. The number of hydrogen-bond donors (Lipinski definition) is 1. The Hall–Kier alpha value is -1.07. The average molecular weight is 296 g/mol. The van der Waals surface area contributed by atoms with Gasteiger partial charge >= 0.3 is 0 Å². The summed E-state index contributed by atoms with van der Waals surface area (Å²) in [6.45, 7) is 4.58. The first kappa shape index (κ1) is 15.3. The van der Waals surface area contributed by atoms with E-state index in [4.69, 9.17) is 5.73 Å². The van der Waals surface area contributed by atoms with Crippen LogP contribution >= 0.6 is 0 Å². The highest BCUT2D eigenvalue weighted by molar-refractivity contribution is 7.89. The third-order valence-corrected chi connectivity index (χ3v) is 5.99. The van der Waals surface area contributed by atoms with E-state index in [1.54, 1.807) is 22.5 Å². The minimum absolute atomic E-state index is 0.150. The van der Waals surface area contributed by atoms with Crippen LogP contribution in [0.2, 0.25) is 0 Å². The van der Waals surface area contributed by atoms with Gasteiger partial charge in [-0.15, -0.1) is 0 Å². The maximum atomic E-state index is 12.8. The molecule has 5 heteroatoms. The fourth-order valence-electron chi connectivity index (χ4n) is 2.86. The van der Waals surface area contributed by atoms with Crippen molar-refractivity contribution < 1.29 is 8.42 Å². The molecule has 1 aromatic carbocycles. The highest BCUT2D eigenvalue weighted by Crippen LogP contribution is 2.28. The summed E-state index contributed by atoms with van der Waals surface area (Å²) in [6, 6.07) is 5.13. The molecule has 2 rings (SSSR count). The minimum Gasteiger partial charge on any atom is -0.399 e. The Bertz CT molecular complexity index is 567. The molecule has 0 bridgehead atoms. The van der Waals surface area contributed by atoms with Crippen molar-refractivity contribution in [2.24, 2.45) is 0 Å². The first-order valence-electron chi connectivity index (χ1n) is 7.34. The fraction of sp³-hybridized carbons (Fsp3) is 0.600. The Kier molecular flexibility index (Phi) is 4.70. The number of hydrogen-bond acceptors (Lipinski definition) is 3. The molecule has 1 unspecified atom stereocenters. The van der Waals surface area contributed by atoms with Crippen LogP contribution in [0.1, 0.15) is 44.6 Å². The van der Waals surface area contributed by atoms with Crippen LogP contribution in [0.3, 0.4) is 0 Å². The molecule has 1 fully saturated rings. The maximum absolute atomic E-state index is 12.8. The van der Waals surface area contributed by atoms with Crippen molar-refractivity contribution in [2.75, 3.05) is 12.3 Å². The summed E-state index contributed by atoms with van der Waals surface area (Å²) in [4.78, 5) is 0.368. The lowest BCUT2D eigenvalue weighted by Crippen LogP contribution is -2.43. The molecule has 0 radical (unpaired) electrons. The van der Waals surface area contributed by atoms with E-state index >= 15 is 0 Å². The number of nitrogen functional groups attached to an aromatic ring is 1. The largest absolute Gasteiger partial charge is 0.399 e. The Morgan fingerprint density at radius 3 is 2.75 bits per heavy atom. The molecule has 2 N–H and O–H groups in total. The highest BCUT2D eigenvalue weighted by Gasteiger charge is 2.32. The van der Waals surface area contributed by atoms with E-state index in [0.29, 0.717) is 17.1 Å². The number of benzene rings is 1. The van der Waals surface area contributed by atoms with Gasteiger partial charge in [-0.25, -0.2) is 8.42 Å². The molecule has 1 aliphatic rings. The second kappa shape index (κ2) is 6.14. The quantitative estimate of drug-likeness (QED) is 0.869. The van der Waals surface area contributed by atoms with E-state index in [2.05, 4.69) is 6.92 Å². The van der Waals surface area contributed by atoms with E-state index in [-0.39, 0.29) is 6.04 Å². The molecule has 0 saturated carbocycles. The van der Waals surface area contributed by atoms with Gasteiger partial charge < -0.3 is 5.73 Å². The predicted octanol–water partition coefficient (Wildman–Crippen LogP) is 2.92. The molecule has 112 valence electrons. The molecule has 1 saturated heterocycles. The van der Waals surface area contributed by atoms with Crippen molar-refractivity contribution in [2.45, 2.75) is 56.9 Å². The molecule has 1 aromatic rings. The van der Waals surface area contributed by atoms with Crippen molar-refractivity contribution in [1.29, 1.82) is 0 Å². The molecule has 20 heavy (non-hydrogen) atoms. The highest BCUT2D eigenvalue weighted by atomic mass is 32.2. The van der Waals surface area contributed by atoms with Crippen molar-refractivity contribution in [3.63, 3.8) is 0 Å². The number of aryl methyl sites for hydroxylation is 1. The van der Waals surface area contributed by atoms with Crippen molar-refractivity contribution in [3.8, 4) is 0 Å². The van der Waals surface area contributed by atoms with E-state index in [9.17, 15) is 8.42 Å². The Labute approximate surface area is 122 Å². The Morgan fingerprint density at radius 2 is 2.10 bits per heavy atom. The third-order valence-electron chi connectivity index (χ3n) is 4.04. The number of piperidine rings is 1. The molecule has 0 spiro atoms. The first-order chi connectivity index (χ1) is 9.46. The predicted molar refractivity (Wildman–Crippen MR) is 82.0 cm³/mol. The van der Waals surface area contributed by atoms with Gasteiger partial charge in [-0.05, 0) is 49.9 Å². The smallest absolute Gasteiger partial charge is 0.243 e. The summed E-state index contributed by atoms with van der Waals surface area (Å²) in [5.41, 5.74) is 7.22. The summed E-state index contributed by atoms with van der Waals surface area (Å²) < 4.78 is 27.3. The second-order valence-electron chi connectivity index (χ2n) is 5.57. The van der Waals surface area contributed by atoms with Crippen LogP contribution in [-0.2, 0) is 10.0 Å². The standard InChI is InChI=1S/C15H24N2O2S/c1-3-6-13-7-4-5-10-17(13)20(18,19)14-8-9-15(16)12(2)11-14/h8-9,11,13H,3-7,10,16H2,1-2H3. The summed E-state index contributed by atoms with van der Waals surface area (Å²) in [5, 5.41) is 0. The first-order valence-corrected chi connectivity index (χ1v) is 8.78. The van der Waals surface area contributed by atoms with Gasteiger partial charge in [-0.3, -0.25) is 0 Å². The lowest BCUT2D eigenvalue weighted by Gasteiger charge is -2.34.